The van der Waals surface area contributed by atoms with Crippen LogP contribution in [-0.4, -0.2) is 17.4 Å². The van der Waals surface area contributed by atoms with Gasteiger partial charge in [-0.25, -0.2) is 5.11 Å². The van der Waals surface area contributed by atoms with E-state index in [9.17, 15) is 5.11 Å². The summed E-state index contributed by atoms with van der Waals surface area (Å²) in [7, 11) is 0. The van der Waals surface area contributed by atoms with Gasteiger partial charge in [-0.1, -0.05) is 0 Å². The van der Waals surface area contributed by atoms with E-state index in [2.05, 4.69) is 0 Å². The lowest BCUT2D eigenvalue weighted by Gasteiger charge is -2.08. The summed E-state index contributed by atoms with van der Waals surface area (Å²) >= 11 is 11.4. The van der Waals surface area contributed by atoms with Crippen LogP contribution in [0.25, 0.3) is 0 Å². The van der Waals surface area contributed by atoms with E-state index in [0.717, 1.165) is 6.42 Å². The number of alkyl halides is 2. The Labute approximate surface area is 66.0 Å². The third kappa shape index (κ3) is 5.01. The molecule has 0 spiro atoms. The summed E-state index contributed by atoms with van der Waals surface area (Å²) in [5.41, 5.74) is 0. The van der Waals surface area contributed by atoms with Crippen LogP contribution in [0.5, 0.6) is 0 Å². The van der Waals surface area contributed by atoms with Crippen LogP contribution in [0.1, 0.15) is 19.8 Å². The summed E-state index contributed by atoms with van der Waals surface area (Å²) in [6.07, 6.45) is 1.36. The number of hydrogen-bond donors (Lipinski definition) is 0. The van der Waals surface area contributed by atoms with Crippen molar-refractivity contribution in [2.75, 3.05) is 6.61 Å². The van der Waals surface area contributed by atoms with E-state index in [1.807, 2.05) is 6.92 Å². The second-order valence-corrected chi connectivity index (χ2v) is 3.29. The van der Waals surface area contributed by atoms with Gasteiger partial charge in [0.1, 0.15) is 0 Å². The molecule has 0 aliphatic rings. The van der Waals surface area contributed by atoms with E-state index in [1.54, 1.807) is 0 Å². The van der Waals surface area contributed by atoms with Gasteiger partial charge in [-0.05, 0) is 19.8 Å². The Morgan fingerprint density at radius 3 is 2.33 bits per heavy atom. The first-order chi connectivity index (χ1) is 4.18. The first-order valence-electron chi connectivity index (χ1n) is 3.04. The molecule has 2 unspecified atom stereocenters. The first-order valence-corrected chi connectivity index (χ1v) is 3.92. The molecule has 9 heavy (non-hydrogen) atoms. The van der Waals surface area contributed by atoms with E-state index >= 15 is 0 Å². The van der Waals surface area contributed by atoms with E-state index < -0.39 is 0 Å². The Bertz CT molecular complexity index is 66.1. The largest absolute Gasteiger partial charge is 0.237 e. The van der Waals surface area contributed by atoms with Crippen LogP contribution in [0.3, 0.4) is 0 Å². The zero-order chi connectivity index (χ0) is 7.28. The van der Waals surface area contributed by atoms with Gasteiger partial charge in [0.05, 0.1) is 6.61 Å². The monoisotopic (exact) mass is 169 g/mol. The maximum Gasteiger partial charge on any atom is 0.0822 e. The molecular weight excluding hydrogens is 159 g/mol. The van der Waals surface area contributed by atoms with Gasteiger partial charge in [0.2, 0.25) is 0 Å². The van der Waals surface area contributed by atoms with E-state index in [0.29, 0.717) is 6.42 Å². The molecule has 0 amide bonds. The summed E-state index contributed by atoms with van der Waals surface area (Å²) in [5.74, 6) is 0. The second kappa shape index (κ2) is 5.33. The molecular formula is C6H11Cl2O. The molecule has 0 rings (SSSR count). The van der Waals surface area contributed by atoms with Gasteiger partial charge >= 0.3 is 0 Å². The molecule has 1 nitrogen and oxygen atoms in total. The molecule has 55 valence electrons. The van der Waals surface area contributed by atoms with Crippen LogP contribution < -0.4 is 0 Å². The highest BCUT2D eigenvalue weighted by Gasteiger charge is 2.09. The van der Waals surface area contributed by atoms with E-state index in [-0.39, 0.29) is 17.4 Å². The van der Waals surface area contributed by atoms with Crippen LogP contribution in [-0.2, 0) is 5.11 Å². The molecule has 0 saturated carbocycles. The van der Waals surface area contributed by atoms with Crippen molar-refractivity contribution in [1.29, 1.82) is 0 Å². The van der Waals surface area contributed by atoms with Gasteiger partial charge in [-0.15, -0.1) is 23.2 Å². The average molecular weight is 170 g/mol. The molecule has 0 N–H and O–H groups in total. The second-order valence-electron chi connectivity index (χ2n) is 2.04. The lowest BCUT2D eigenvalue weighted by Crippen LogP contribution is -2.10. The zero-order valence-electron chi connectivity index (χ0n) is 5.44. The molecule has 0 aromatic heterocycles. The van der Waals surface area contributed by atoms with Crippen LogP contribution in [0.4, 0.5) is 0 Å². The van der Waals surface area contributed by atoms with Gasteiger partial charge in [-0.3, -0.25) is 0 Å². The van der Waals surface area contributed by atoms with Crippen molar-refractivity contribution in [2.24, 2.45) is 0 Å². The normalized spacial score (nSPS) is 17.3. The highest BCUT2D eigenvalue weighted by molar-refractivity contribution is 6.29. The van der Waals surface area contributed by atoms with Crippen LogP contribution in [0.15, 0.2) is 0 Å². The predicted molar refractivity (Wildman–Crippen MR) is 39.7 cm³/mol. The van der Waals surface area contributed by atoms with Gasteiger partial charge < -0.3 is 0 Å². The molecule has 0 fully saturated rings. The fraction of sp³-hybridized carbons (Fsp3) is 1.00. The average Bonchev–Trinajstić information content (AvgIpc) is 1.82. The summed E-state index contributed by atoms with van der Waals surface area (Å²) in [4.78, 5) is 0. The van der Waals surface area contributed by atoms with Crippen molar-refractivity contribution in [1.82, 2.24) is 0 Å². The number of hydrogen-bond acceptors (Lipinski definition) is 0. The lowest BCUT2D eigenvalue weighted by atomic mass is 10.2. The molecule has 2 atom stereocenters. The fourth-order valence-electron chi connectivity index (χ4n) is 0.508. The lowest BCUT2D eigenvalue weighted by molar-refractivity contribution is 0.186. The third-order valence-corrected chi connectivity index (χ3v) is 2.15. The van der Waals surface area contributed by atoms with Crippen LogP contribution >= 0.6 is 23.2 Å². The summed E-state index contributed by atoms with van der Waals surface area (Å²) in [5, 5.41) is 9.88. The molecule has 3 heteroatoms. The molecule has 0 aromatic rings. The topological polar surface area (TPSA) is 19.9 Å². The Balaban J connectivity index is 3.16. The van der Waals surface area contributed by atoms with Crippen molar-refractivity contribution in [2.45, 2.75) is 30.5 Å². The predicted octanol–water partition coefficient (Wildman–Crippen LogP) is 2.43. The quantitative estimate of drug-likeness (QED) is 0.577. The van der Waals surface area contributed by atoms with Gasteiger partial charge in [0.25, 0.3) is 0 Å². The van der Waals surface area contributed by atoms with E-state index in [1.165, 1.54) is 0 Å². The first kappa shape index (κ1) is 9.54. The molecule has 0 saturated heterocycles. The Kier molecular flexibility index (Phi) is 5.65. The number of halogens is 2. The number of rotatable bonds is 4. The van der Waals surface area contributed by atoms with Crippen molar-refractivity contribution in [3.05, 3.63) is 0 Å². The van der Waals surface area contributed by atoms with Crippen molar-refractivity contribution >= 4 is 23.2 Å². The third-order valence-electron chi connectivity index (χ3n) is 1.12. The molecule has 0 bridgehead atoms. The van der Waals surface area contributed by atoms with E-state index in [4.69, 9.17) is 23.2 Å². The van der Waals surface area contributed by atoms with Crippen molar-refractivity contribution in [3.63, 3.8) is 0 Å². The van der Waals surface area contributed by atoms with Crippen molar-refractivity contribution in [3.8, 4) is 0 Å². The molecule has 0 heterocycles. The summed E-state index contributed by atoms with van der Waals surface area (Å²) < 4.78 is 0. The van der Waals surface area contributed by atoms with Gasteiger partial charge in [0.15, 0.2) is 0 Å². The maximum absolute atomic E-state index is 9.96. The zero-order valence-corrected chi connectivity index (χ0v) is 6.95. The standard InChI is InChI=1S/C6H11Cl2O/c1-5(7)6(8)3-2-4-9/h5-6H,2-4H2,1H3. The minimum absolute atomic E-state index is 0.0294. The highest BCUT2D eigenvalue weighted by atomic mass is 35.5. The van der Waals surface area contributed by atoms with Gasteiger partial charge in [-0.2, -0.15) is 0 Å². The smallest absolute Gasteiger partial charge is 0.0822 e. The highest BCUT2D eigenvalue weighted by Crippen LogP contribution is 2.14. The minimum Gasteiger partial charge on any atom is -0.237 e. The molecule has 0 aliphatic heterocycles. The fourth-order valence-corrected chi connectivity index (χ4v) is 0.788. The minimum atomic E-state index is -0.0488. The Hall–Kier alpha value is 0.540. The SMILES string of the molecule is CC(Cl)C(Cl)CCC[O]. The van der Waals surface area contributed by atoms with Gasteiger partial charge in [0, 0.05) is 10.8 Å². The van der Waals surface area contributed by atoms with Crippen LogP contribution in [0, 0.1) is 0 Å². The molecule has 0 aromatic carbocycles. The maximum atomic E-state index is 9.96. The summed E-state index contributed by atoms with van der Waals surface area (Å²) in [6, 6.07) is 0. The van der Waals surface area contributed by atoms with Crippen molar-refractivity contribution < 1.29 is 5.11 Å². The molecule has 1 radical (unpaired) electrons. The Morgan fingerprint density at radius 1 is 1.44 bits per heavy atom. The van der Waals surface area contributed by atoms with Crippen LogP contribution in [0.2, 0.25) is 0 Å². The molecule has 0 aliphatic carbocycles. The Morgan fingerprint density at radius 2 is 2.00 bits per heavy atom. The summed E-state index contributed by atoms with van der Waals surface area (Å²) in [6.45, 7) is 1.79.